The highest BCUT2D eigenvalue weighted by Gasteiger charge is 2.33. The van der Waals surface area contributed by atoms with Gasteiger partial charge in [0.2, 0.25) is 10.0 Å². The molecule has 2 rings (SSSR count). The third-order valence-electron chi connectivity index (χ3n) is 4.92. The van der Waals surface area contributed by atoms with Gasteiger partial charge in [-0.05, 0) is 45.9 Å². The minimum Gasteiger partial charge on any atom is -0.373 e. The molecule has 1 saturated heterocycles. The Morgan fingerprint density at radius 3 is 2.39 bits per heavy atom. The van der Waals surface area contributed by atoms with Crippen LogP contribution < -0.4 is 5.32 Å². The van der Waals surface area contributed by atoms with Gasteiger partial charge in [-0.25, -0.2) is 12.7 Å². The minimum absolute atomic E-state index is 0.0298. The van der Waals surface area contributed by atoms with E-state index in [-0.39, 0.29) is 33.2 Å². The fraction of sp³-hybridized carbons (Fsp3) is 0.632. The van der Waals surface area contributed by atoms with Gasteiger partial charge in [0.25, 0.3) is 5.91 Å². The van der Waals surface area contributed by atoms with Crippen molar-refractivity contribution >= 4 is 27.5 Å². The summed E-state index contributed by atoms with van der Waals surface area (Å²) >= 11 is 6.16. The lowest BCUT2D eigenvalue weighted by Gasteiger charge is -2.45. The molecule has 1 aromatic carbocycles. The second-order valence-corrected chi connectivity index (χ2v) is 10.6. The van der Waals surface area contributed by atoms with Gasteiger partial charge in [0.05, 0.1) is 27.7 Å². The standard InChI is InChI=1S/C19H30ClN3O4S/c1-13-10-23(11-14(2)27-13)19(3,4)12-21-18(24)16-9-15(7-8-17(16)20)28(25,26)22(5)6/h7-9,13-14H,10-12H2,1-6H3,(H,21,24)/t13-,14-/m0/s1. The Balaban J connectivity index is 2.14. The third-order valence-corrected chi connectivity index (χ3v) is 7.06. The topological polar surface area (TPSA) is 79.0 Å². The predicted octanol–water partition coefficient (Wildman–Crippen LogP) is 2.21. The Morgan fingerprint density at radius 2 is 1.86 bits per heavy atom. The zero-order chi connectivity index (χ0) is 21.3. The van der Waals surface area contributed by atoms with Crippen LogP contribution in [-0.4, -0.2) is 75.0 Å². The maximum atomic E-state index is 12.7. The molecule has 1 fully saturated rings. The largest absolute Gasteiger partial charge is 0.373 e. The van der Waals surface area contributed by atoms with Gasteiger partial charge in [0, 0.05) is 39.3 Å². The molecule has 1 aliphatic heterocycles. The number of rotatable bonds is 6. The molecule has 9 heteroatoms. The summed E-state index contributed by atoms with van der Waals surface area (Å²) in [5.41, 5.74) is -0.147. The Labute approximate surface area is 173 Å². The molecule has 0 saturated carbocycles. The molecule has 0 aromatic heterocycles. The molecule has 158 valence electrons. The van der Waals surface area contributed by atoms with E-state index in [0.29, 0.717) is 6.54 Å². The number of nitrogens with zero attached hydrogens (tertiary/aromatic N) is 2. The number of carbonyl (C=O) groups excluding carboxylic acids is 1. The number of amides is 1. The van der Waals surface area contributed by atoms with Crippen LogP contribution in [0.4, 0.5) is 0 Å². The highest BCUT2D eigenvalue weighted by atomic mass is 35.5. The van der Waals surface area contributed by atoms with Crippen molar-refractivity contribution in [2.24, 2.45) is 0 Å². The Kier molecular flexibility index (Phi) is 7.15. The number of benzene rings is 1. The molecule has 28 heavy (non-hydrogen) atoms. The summed E-state index contributed by atoms with van der Waals surface area (Å²) < 4.78 is 31.5. The zero-order valence-corrected chi connectivity index (χ0v) is 18.9. The first-order valence-corrected chi connectivity index (χ1v) is 11.1. The second-order valence-electron chi connectivity index (χ2n) is 8.09. The van der Waals surface area contributed by atoms with Crippen molar-refractivity contribution in [3.05, 3.63) is 28.8 Å². The highest BCUT2D eigenvalue weighted by molar-refractivity contribution is 7.89. The lowest BCUT2D eigenvalue weighted by atomic mass is 10.00. The Bertz CT molecular complexity index is 816. The molecule has 0 spiro atoms. The van der Waals surface area contributed by atoms with Crippen LogP contribution in [0.15, 0.2) is 23.1 Å². The minimum atomic E-state index is -3.65. The average Bonchev–Trinajstić information content (AvgIpc) is 2.59. The summed E-state index contributed by atoms with van der Waals surface area (Å²) in [6.07, 6.45) is 0.252. The van der Waals surface area contributed by atoms with Gasteiger partial charge in [-0.3, -0.25) is 9.69 Å². The van der Waals surface area contributed by atoms with Gasteiger partial charge in [0.15, 0.2) is 0 Å². The van der Waals surface area contributed by atoms with Crippen LogP contribution in [0.25, 0.3) is 0 Å². The van der Waals surface area contributed by atoms with Crippen molar-refractivity contribution in [3.8, 4) is 0 Å². The van der Waals surface area contributed by atoms with E-state index in [2.05, 4.69) is 24.1 Å². The van der Waals surface area contributed by atoms with E-state index in [1.165, 1.54) is 32.3 Å². The lowest BCUT2D eigenvalue weighted by molar-refractivity contribution is -0.0948. The average molecular weight is 432 g/mol. The van der Waals surface area contributed by atoms with Gasteiger partial charge >= 0.3 is 0 Å². The Morgan fingerprint density at radius 1 is 1.29 bits per heavy atom. The fourth-order valence-electron chi connectivity index (χ4n) is 3.23. The number of sulfonamides is 1. The zero-order valence-electron chi connectivity index (χ0n) is 17.3. The molecule has 2 atom stereocenters. The molecular weight excluding hydrogens is 402 g/mol. The van der Waals surface area contributed by atoms with E-state index in [0.717, 1.165) is 17.4 Å². The van der Waals surface area contributed by atoms with Gasteiger partial charge in [-0.2, -0.15) is 0 Å². The van der Waals surface area contributed by atoms with Gasteiger partial charge in [-0.15, -0.1) is 0 Å². The van der Waals surface area contributed by atoms with Crippen molar-refractivity contribution in [1.29, 1.82) is 0 Å². The van der Waals surface area contributed by atoms with E-state index in [1.54, 1.807) is 0 Å². The number of morpholine rings is 1. The maximum absolute atomic E-state index is 12.7. The molecule has 1 amide bonds. The summed E-state index contributed by atoms with van der Waals surface area (Å²) in [4.78, 5) is 15.0. The van der Waals surface area contributed by atoms with E-state index < -0.39 is 15.9 Å². The normalized spacial score (nSPS) is 21.7. The quantitative estimate of drug-likeness (QED) is 0.747. The first kappa shape index (κ1) is 23.1. The summed E-state index contributed by atoms with van der Waals surface area (Å²) in [7, 11) is -0.768. The molecule has 1 heterocycles. The van der Waals surface area contributed by atoms with Gasteiger partial charge in [-0.1, -0.05) is 11.6 Å². The molecule has 0 unspecified atom stereocenters. The van der Waals surface area contributed by atoms with Crippen LogP contribution in [-0.2, 0) is 14.8 Å². The summed E-state index contributed by atoms with van der Waals surface area (Å²) in [5.74, 6) is -0.400. The van der Waals surface area contributed by atoms with Crippen LogP contribution in [0.1, 0.15) is 38.1 Å². The molecular formula is C19H30ClN3O4S. The van der Waals surface area contributed by atoms with Gasteiger partial charge < -0.3 is 10.1 Å². The van der Waals surface area contributed by atoms with Crippen molar-refractivity contribution in [2.45, 2.75) is 50.3 Å². The first-order chi connectivity index (χ1) is 12.8. The third kappa shape index (κ3) is 5.24. The van der Waals surface area contributed by atoms with Crippen molar-refractivity contribution < 1.29 is 17.9 Å². The molecule has 1 aliphatic rings. The second kappa shape index (κ2) is 8.67. The lowest BCUT2D eigenvalue weighted by Crippen LogP contribution is -2.58. The van der Waals surface area contributed by atoms with E-state index in [1.807, 2.05) is 13.8 Å². The number of halogens is 1. The van der Waals surface area contributed by atoms with Crippen LogP contribution in [0, 0.1) is 0 Å². The van der Waals surface area contributed by atoms with Crippen molar-refractivity contribution in [1.82, 2.24) is 14.5 Å². The van der Waals surface area contributed by atoms with E-state index in [4.69, 9.17) is 16.3 Å². The summed E-state index contributed by atoms with van der Waals surface area (Å²) in [5, 5.41) is 3.11. The highest BCUT2D eigenvalue weighted by Crippen LogP contribution is 2.24. The smallest absolute Gasteiger partial charge is 0.252 e. The maximum Gasteiger partial charge on any atom is 0.252 e. The van der Waals surface area contributed by atoms with Crippen LogP contribution in [0.5, 0.6) is 0 Å². The molecule has 7 nitrogen and oxygen atoms in total. The first-order valence-electron chi connectivity index (χ1n) is 9.25. The molecule has 1 N–H and O–H groups in total. The SMILES string of the molecule is C[C@H]1CN(C(C)(C)CNC(=O)c2cc(S(=O)(=O)N(C)C)ccc2Cl)C[C@H](C)O1. The summed E-state index contributed by atoms with van der Waals surface area (Å²) in [6, 6.07) is 4.15. The number of carbonyl (C=O) groups is 1. The number of hydrogen-bond acceptors (Lipinski definition) is 5. The fourth-order valence-corrected chi connectivity index (χ4v) is 4.36. The van der Waals surface area contributed by atoms with Crippen LogP contribution >= 0.6 is 11.6 Å². The number of ether oxygens (including phenoxy) is 1. The van der Waals surface area contributed by atoms with Crippen molar-refractivity contribution in [3.63, 3.8) is 0 Å². The molecule has 1 aromatic rings. The van der Waals surface area contributed by atoms with E-state index in [9.17, 15) is 13.2 Å². The number of hydrogen-bond donors (Lipinski definition) is 1. The Hall–Kier alpha value is -1.19. The van der Waals surface area contributed by atoms with Crippen LogP contribution in [0.3, 0.4) is 0 Å². The summed E-state index contributed by atoms with van der Waals surface area (Å²) in [6.45, 7) is 10.2. The molecule has 0 aliphatic carbocycles. The van der Waals surface area contributed by atoms with Gasteiger partial charge in [0.1, 0.15) is 0 Å². The predicted molar refractivity (Wildman–Crippen MR) is 110 cm³/mol. The molecule has 0 bridgehead atoms. The van der Waals surface area contributed by atoms with Crippen molar-refractivity contribution in [2.75, 3.05) is 33.7 Å². The number of nitrogens with one attached hydrogen (secondary N) is 1. The van der Waals surface area contributed by atoms with Crippen LogP contribution in [0.2, 0.25) is 5.02 Å². The molecule has 0 radical (unpaired) electrons. The van der Waals surface area contributed by atoms with E-state index >= 15 is 0 Å². The monoisotopic (exact) mass is 431 g/mol.